The van der Waals surface area contributed by atoms with Gasteiger partial charge in [0.15, 0.2) is 0 Å². The molecule has 1 N–H and O–H groups in total. The van der Waals surface area contributed by atoms with Gasteiger partial charge < -0.3 is 5.11 Å². The van der Waals surface area contributed by atoms with Gasteiger partial charge in [-0.3, -0.25) is 4.79 Å². The number of carboxylic acid groups (broad SMARTS) is 1. The van der Waals surface area contributed by atoms with Crippen molar-refractivity contribution in [2.75, 3.05) is 5.75 Å². The summed E-state index contributed by atoms with van der Waals surface area (Å²) >= 11 is 2.06. The minimum absolute atomic E-state index is 0.548. The molecule has 1 saturated carbocycles. The molecular formula is C13H24O2S. The summed E-state index contributed by atoms with van der Waals surface area (Å²) in [6.45, 7) is 3.64. The second kappa shape index (κ2) is 6.53. The minimum Gasteiger partial charge on any atom is -0.481 e. The molecular weight excluding hydrogens is 220 g/mol. The molecule has 1 fully saturated rings. The third-order valence-electron chi connectivity index (χ3n) is 3.43. The van der Waals surface area contributed by atoms with Crippen molar-refractivity contribution < 1.29 is 9.90 Å². The highest BCUT2D eigenvalue weighted by molar-refractivity contribution is 7.99. The summed E-state index contributed by atoms with van der Waals surface area (Å²) in [7, 11) is 0. The largest absolute Gasteiger partial charge is 0.481 e. The molecule has 0 aromatic rings. The molecule has 1 aliphatic rings. The third kappa shape index (κ3) is 4.77. The van der Waals surface area contributed by atoms with Crippen LogP contribution >= 0.6 is 11.8 Å². The molecule has 2 nitrogen and oxygen atoms in total. The zero-order chi connectivity index (χ0) is 12.0. The SMILES string of the molecule is CC(C)(CCCSC1CCCCC1)C(=O)O. The maximum atomic E-state index is 10.9. The monoisotopic (exact) mass is 244 g/mol. The Morgan fingerprint density at radius 2 is 1.94 bits per heavy atom. The van der Waals surface area contributed by atoms with Gasteiger partial charge in [0.2, 0.25) is 0 Å². The van der Waals surface area contributed by atoms with E-state index in [1.165, 1.54) is 32.1 Å². The average Bonchev–Trinajstić information content (AvgIpc) is 2.26. The van der Waals surface area contributed by atoms with Crippen LogP contribution in [0.3, 0.4) is 0 Å². The first-order chi connectivity index (χ1) is 7.52. The molecule has 0 unspecified atom stereocenters. The second-order valence-corrected chi connectivity index (χ2v) is 6.83. The average molecular weight is 244 g/mol. The number of rotatable bonds is 6. The lowest BCUT2D eigenvalue weighted by Crippen LogP contribution is -2.23. The predicted molar refractivity (Wildman–Crippen MR) is 70.0 cm³/mol. The highest BCUT2D eigenvalue weighted by Crippen LogP contribution is 2.30. The Morgan fingerprint density at radius 3 is 2.50 bits per heavy atom. The first-order valence-electron chi connectivity index (χ1n) is 6.37. The van der Waals surface area contributed by atoms with Gasteiger partial charge in [-0.25, -0.2) is 0 Å². The molecule has 0 aromatic heterocycles. The molecule has 1 rings (SSSR count). The van der Waals surface area contributed by atoms with Crippen LogP contribution in [0.1, 0.15) is 58.8 Å². The quantitative estimate of drug-likeness (QED) is 0.719. The van der Waals surface area contributed by atoms with E-state index in [0.29, 0.717) is 0 Å². The Hall–Kier alpha value is -0.180. The number of carbonyl (C=O) groups is 1. The summed E-state index contributed by atoms with van der Waals surface area (Å²) in [4.78, 5) is 10.9. The van der Waals surface area contributed by atoms with Gasteiger partial charge >= 0.3 is 5.97 Å². The molecule has 0 saturated heterocycles. The van der Waals surface area contributed by atoms with E-state index >= 15 is 0 Å². The molecule has 0 aromatic carbocycles. The van der Waals surface area contributed by atoms with Crippen LogP contribution in [0.4, 0.5) is 0 Å². The van der Waals surface area contributed by atoms with E-state index < -0.39 is 11.4 Å². The van der Waals surface area contributed by atoms with Crippen molar-refractivity contribution in [1.82, 2.24) is 0 Å². The van der Waals surface area contributed by atoms with Gasteiger partial charge in [0, 0.05) is 5.25 Å². The van der Waals surface area contributed by atoms with Gasteiger partial charge in [-0.2, -0.15) is 11.8 Å². The smallest absolute Gasteiger partial charge is 0.309 e. The first kappa shape index (κ1) is 13.9. The van der Waals surface area contributed by atoms with Crippen LogP contribution < -0.4 is 0 Å². The summed E-state index contributed by atoms with van der Waals surface area (Å²) in [6.07, 6.45) is 8.74. The zero-order valence-corrected chi connectivity index (χ0v) is 11.3. The lowest BCUT2D eigenvalue weighted by molar-refractivity contribution is -0.147. The summed E-state index contributed by atoms with van der Waals surface area (Å²) < 4.78 is 0. The van der Waals surface area contributed by atoms with E-state index in [2.05, 4.69) is 11.8 Å². The number of hydrogen-bond donors (Lipinski definition) is 1. The molecule has 0 bridgehead atoms. The summed E-state index contributed by atoms with van der Waals surface area (Å²) in [5.74, 6) is 0.455. The van der Waals surface area contributed by atoms with Crippen LogP contribution in [0.15, 0.2) is 0 Å². The standard InChI is InChI=1S/C13H24O2S/c1-13(2,12(14)15)9-6-10-16-11-7-4-3-5-8-11/h11H,3-10H2,1-2H3,(H,14,15). The van der Waals surface area contributed by atoms with E-state index in [1.54, 1.807) is 0 Å². The lowest BCUT2D eigenvalue weighted by atomic mass is 9.88. The fourth-order valence-corrected chi connectivity index (χ4v) is 3.41. The van der Waals surface area contributed by atoms with Crippen molar-refractivity contribution >= 4 is 17.7 Å². The van der Waals surface area contributed by atoms with Crippen molar-refractivity contribution in [1.29, 1.82) is 0 Å². The zero-order valence-electron chi connectivity index (χ0n) is 10.5. The fraction of sp³-hybridized carbons (Fsp3) is 0.923. The minimum atomic E-state index is -0.671. The molecule has 3 heteroatoms. The molecule has 0 amide bonds. The highest BCUT2D eigenvalue weighted by Gasteiger charge is 2.26. The topological polar surface area (TPSA) is 37.3 Å². The molecule has 16 heavy (non-hydrogen) atoms. The summed E-state index contributed by atoms with van der Waals surface area (Å²) in [6, 6.07) is 0. The number of carboxylic acids is 1. The number of aliphatic carboxylic acids is 1. The van der Waals surface area contributed by atoms with E-state index in [0.717, 1.165) is 23.8 Å². The third-order valence-corrected chi connectivity index (χ3v) is 4.90. The van der Waals surface area contributed by atoms with Crippen LogP contribution in [0.2, 0.25) is 0 Å². The first-order valence-corrected chi connectivity index (χ1v) is 7.42. The van der Waals surface area contributed by atoms with E-state index in [1.807, 2.05) is 13.8 Å². The number of hydrogen-bond acceptors (Lipinski definition) is 2. The van der Waals surface area contributed by atoms with Gasteiger partial charge in [-0.1, -0.05) is 19.3 Å². The molecule has 0 heterocycles. The normalized spacial score (nSPS) is 18.6. The molecule has 94 valence electrons. The number of thioether (sulfide) groups is 1. The fourth-order valence-electron chi connectivity index (χ4n) is 2.10. The Labute approximate surface area is 103 Å². The summed E-state index contributed by atoms with van der Waals surface area (Å²) in [5, 5.41) is 9.83. The van der Waals surface area contributed by atoms with Crippen molar-refractivity contribution in [3.05, 3.63) is 0 Å². The van der Waals surface area contributed by atoms with Crippen LogP contribution in [-0.4, -0.2) is 22.1 Å². The molecule has 0 spiro atoms. The van der Waals surface area contributed by atoms with E-state index in [4.69, 9.17) is 5.11 Å². The van der Waals surface area contributed by atoms with E-state index in [-0.39, 0.29) is 0 Å². The summed E-state index contributed by atoms with van der Waals surface area (Å²) in [5.41, 5.74) is -0.548. The van der Waals surface area contributed by atoms with Crippen molar-refractivity contribution in [2.45, 2.75) is 64.0 Å². The highest BCUT2D eigenvalue weighted by atomic mass is 32.2. The van der Waals surface area contributed by atoms with Crippen LogP contribution in [0.5, 0.6) is 0 Å². The predicted octanol–water partition coefficient (Wildman–Crippen LogP) is 3.94. The van der Waals surface area contributed by atoms with Crippen molar-refractivity contribution in [3.8, 4) is 0 Å². The van der Waals surface area contributed by atoms with Crippen molar-refractivity contribution in [2.24, 2.45) is 5.41 Å². The van der Waals surface area contributed by atoms with Gasteiger partial charge in [0.05, 0.1) is 5.41 Å². The van der Waals surface area contributed by atoms with Gasteiger partial charge in [-0.05, 0) is 45.3 Å². The molecule has 1 aliphatic carbocycles. The van der Waals surface area contributed by atoms with Gasteiger partial charge in [0.25, 0.3) is 0 Å². The van der Waals surface area contributed by atoms with Crippen LogP contribution in [0, 0.1) is 5.41 Å². The molecule has 0 radical (unpaired) electrons. The Balaban J connectivity index is 2.09. The molecule has 0 atom stereocenters. The Morgan fingerprint density at radius 1 is 1.31 bits per heavy atom. The van der Waals surface area contributed by atoms with Crippen LogP contribution in [0.25, 0.3) is 0 Å². The van der Waals surface area contributed by atoms with Gasteiger partial charge in [-0.15, -0.1) is 0 Å². The van der Waals surface area contributed by atoms with Crippen LogP contribution in [-0.2, 0) is 4.79 Å². The maximum Gasteiger partial charge on any atom is 0.309 e. The molecule has 0 aliphatic heterocycles. The lowest BCUT2D eigenvalue weighted by Gasteiger charge is -2.22. The van der Waals surface area contributed by atoms with E-state index in [9.17, 15) is 4.79 Å². The second-order valence-electron chi connectivity index (χ2n) is 5.42. The Kier molecular flexibility index (Phi) is 5.67. The Bertz CT molecular complexity index is 220. The maximum absolute atomic E-state index is 10.9. The van der Waals surface area contributed by atoms with Crippen molar-refractivity contribution in [3.63, 3.8) is 0 Å². The van der Waals surface area contributed by atoms with Gasteiger partial charge in [0.1, 0.15) is 0 Å².